The van der Waals surface area contributed by atoms with E-state index in [-0.39, 0.29) is 11.9 Å². The predicted octanol–water partition coefficient (Wildman–Crippen LogP) is 5.57. The molecule has 4 aromatic rings. The van der Waals surface area contributed by atoms with Crippen LogP contribution in [0, 0.1) is 0 Å². The highest BCUT2D eigenvalue weighted by molar-refractivity contribution is 6.02. The summed E-state index contributed by atoms with van der Waals surface area (Å²) in [4.78, 5) is 18.7. The summed E-state index contributed by atoms with van der Waals surface area (Å²) >= 11 is 0. The Bertz CT molecular complexity index is 1270. The Labute approximate surface area is 175 Å². The number of carbonyl (C=O) groups excluding carboxylic acids is 1. The Balaban J connectivity index is 1.81. The number of para-hydroxylation sites is 1. The standard InChI is InChI=1S/C26H22N2O2/c1-3-15-28-25(19-11-4-5-12-20(19)26(28)29)23-21-13-6-7-14-22(21)27-24(23)17-9-8-10-18(16-17)30-2/h3-14,16,25,27H,1,15H2,2H3. The number of amides is 1. The summed E-state index contributed by atoms with van der Waals surface area (Å²) in [6.07, 6.45) is 1.79. The van der Waals surface area contributed by atoms with Crippen LogP contribution in [0.1, 0.15) is 27.5 Å². The molecule has 1 atom stereocenters. The molecule has 2 heterocycles. The maximum Gasteiger partial charge on any atom is 0.255 e. The van der Waals surface area contributed by atoms with Gasteiger partial charge in [-0.1, -0.05) is 54.6 Å². The van der Waals surface area contributed by atoms with Gasteiger partial charge in [0.2, 0.25) is 0 Å². The van der Waals surface area contributed by atoms with Gasteiger partial charge in [-0.3, -0.25) is 4.79 Å². The molecule has 0 saturated heterocycles. The largest absolute Gasteiger partial charge is 0.497 e. The van der Waals surface area contributed by atoms with Crippen molar-refractivity contribution in [1.82, 2.24) is 9.88 Å². The van der Waals surface area contributed by atoms with Gasteiger partial charge in [-0.05, 0) is 29.8 Å². The van der Waals surface area contributed by atoms with Gasteiger partial charge in [-0.15, -0.1) is 6.58 Å². The molecule has 30 heavy (non-hydrogen) atoms. The zero-order valence-corrected chi connectivity index (χ0v) is 16.8. The van der Waals surface area contributed by atoms with E-state index in [0.717, 1.165) is 44.6 Å². The Morgan fingerprint density at radius 1 is 1.07 bits per heavy atom. The number of benzene rings is 3. The van der Waals surface area contributed by atoms with Crippen molar-refractivity contribution in [2.75, 3.05) is 13.7 Å². The molecule has 0 radical (unpaired) electrons. The number of hydrogen-bond donors (Lipinski definition) is 1. The number of nitrogens with one attached hydrogen (secondary N) is 1. The van der Waals surface area contributed by atoms with Crippen molar-refractivity contribution in [3.63, 3.8) is 0 Å². The Hall–Kier alpha value is -3.79. The molecule has 0 spiro atoms. The van der Waals surface area contributed by atoms with E-state index in [9.17, 15) is 4.79 Å². The smallest absolute Gasteiger partial charge is 0.255 e. The number of methoxy groups -OCH3 is 1. The van der Waals surface area contributed by atoms with Gasteiger partial charge in [-0.2, -0.15) is 0 Å². The van der Waals surface area contributed by atoms with E-state index in [1.54, 1.807) is 13.2 Å². The number of hydrogen-bond acceptors (Lipinski definition) is 2. The molecular weight excluding hydrogens is 372 g/mol. The van der Waals surface area contributed by atoms with E-state index in [1.165, 1.54) is 0 Å². The quantitative estimate of drug-likeness (QED) is 0.450. The lowest BCUT2D eigenvalue weighted by molar-refractivity contribution is 0.0771. The minimum absolute atomic E-state index is 0.0392. The summed E-state index contributed by atoms with van der Waals surface area (Å²) in [6, 6.07) is 23.9. The van der Waals surface area contributed by atoms with Crippen molar-refractivity contribution in [2.45, 2.75) is 6.04 Å². The molecule has 1 N–H and O–H groups in total. The molecule has 0 saturated carbocycles. The van der Waals surface area contributed by atoms with E-state index in [0.29, 0.717) is 6.54 Å². The lowest BCUT2D eigenvalue weighted by Gasteiger charge is -2.25. The molecule has 1 aromatic heterocycles. The molecule has 3 aromatic carbocycles. The molecule has 4 nitrogen and oxygen atoms in total. The van der Waals surface area contributed by atoms with Crippen LogP contribution in [0.5, 0.6) is 5.75 Å². The minimum Gasteiger partial charge on any atom is -0.497 e. The lowest BCUT2D eigenvalue weighted by Crippen LogP contribution is -2.29. The molecule has 1 amide bonds. The molecule has 0 bridgehead atoms. The summed E-state index contributed by atoms with van der Waals surface area (Å²) in [5, 5.41) is 1.11. The number of rotatable bonds is 5. The van der Waals surface area contributed by atoms with Crippen LogP contribution in [0.2, 0.25) is 0 Å². The highest BCUT2D eigenvalue weighted by atomic mass is 16.5. The Morgan fingerprint density at radius 3 is 2.70 bits per heavy atom. The second-order valence-corrected chi connectivity index (χ2v) is 7.43. The maximum absolute atomic E-state index is 13.2. The topological polar surface area (TPSA) is 45.3 Å². The first-order valence-corrected chi connectivity index (χ1v) is 9.98. The predicted molar refractivity (Wildman–Crippen MR) is 120 cm³/mol. The van der Waals surface area contributed by atoms with Crippen molar-refractivity contribution in [3.05, 3.63) is 102 Å². The van der Waals surface area contributed by atoms with Crippen LogP contribution in [-0.4, -0.2) is 29.4 Å². The van der Waals surface area contributed by atoms with Crippen LogP contribution < -0.4 is 4.74 Å². The van der Waals surface area contributed by atoms with Gasteiger partial charge in [0.25, 0.3) is 5.91 Å². The number of H-pyrrole nitrogens is 1. The first-order chi connectivity index (χ1) is 14.7. The molecule has 148 valence electrons. The van der Waals surface area contributed by atoms with Crippen LogP contribution >= 0.6 is 0 Å². The molecule has 4 heteroatoms. The number of nitrogens with zero attached hydrogens (tertiary/aromatic N) is 1. The third-order valence-electron chi connectivity index (χ3n) is 5.76. The average Bonchev–Trinajstić information content (AvgIpc) is 3.30. The zero-order chi connectivity index (χ0) is 20.7. The maximum atomic E-state index is 13.2. The monoisotopic (exact) mass is 394 g/mol. The number of ether oxygens (including phenoxy) is 1. The van der Waals surface area contributed by atoms with Crippen LogP contribution in [0.4, 0.5) is 0 Å². The first kappa shape index (κ1) is 18.3. The second-order valence-electron chi connectivity index (χ2n) is 7.43. The Morgan fingerprint density at radius 2 is 1.87 bits per heavy atom. The zero-order valence-electron chi connectivity index (χ0n) is 16.8. The van der Waals surface area contributed by atoms with Gasteiger partial charge in [0.1, 0.15) is 5.75 Å². The molecule has 1 unspecified atom stereocenters. The molecule has 5 rings (SSSR count). The fourth-order valence-corrected chi connectivity index (χ4v) is 4.46. The molecule has 0 aliphatic carbocycles. The Kier molecular flexibility index (Phi) is 4.40. The molecular formula is C26H22N2O2. The summed E-state index contributed by atoms with van der Waals surface area (Å²) < 4.78 is 5.46. The number of aromatic amines is 1. The van der Waals surface area contributed by atoms with Gasteiger partial charge in [0.05, 0.1) is 18.8 Å². The second kappa shape index (κ2) is 7.23. The summed E-state index contributed by atoms with van der Waals surface area (Å²) in [5.74, 6) is 0.834. The normalized spacial score (nSPS) is 15.4. The van der Waals surface area contributed by atoms with Crippen molar-refractivity contribution >= 4 is 16.8 Å². The summed E-state index contributed by atoms with van der Waals surface area (Å²) in [5.41, 5.74) is 5.94. The van der Waals surface area contributed by atoms with Crippen molar-refractivity contribution < 1.29 is 9.53 Å². The highest BCUT2D eigenvalue weighted by Gasteiger charge is 2.39. The molecule has 1 aliphatic heterocycles. The number of aromatic nitrogens is 1. The minimum atomic E-state index is -0.191. The molecule has 1 aliphatic rings. The van der Waals surface area contributed by atoms with Crippen LogP contribution in [-0.2, 0) is 0 Å². The van der Waals surface area contributed by atoms with E-state index >= 15 is 0 Å². The van der Waals surface area contributed by atoms with Gasteiger partial charge >= 0.3 is 0 Å². The summed E-state index contributed by atoms with van der Waals surface area (Å²) in [7, 11) is 1.67. The SMILES string of the molecule is C=CCN1C(=O)c2ccccc2C1c1c(-c2cccc(OC)c2)[nH]c2ccccc12. The van der Waals surface area contributed by atoms with Gasteiger partial charge < -0.3 is 14.6 Å². The third-order valence-corrected chi connectivity index (χ3v) is 5.76. The lowest BCUT2D eigenvalue weighted by atomic mass is 9.93. The van der Waals surface area contributed by atoms with Crippen LogP contribution in [0.25, 0.3) is 22.2 Å². The number of carbonyl (C=O) groups is 1. The van der Waals surface area contributed by atoms with E-state index in [1.807, 2.05) is 53.4 Å². The van der Waals surface area contributed by atoms with Gasteiger partial charge in [-0.25, -0.2) is 0 Å². The van der Waals surface area contributed by atoms with E-state index < -0.39 is 0 Å². The fraction of sp³-hybridized carbons (Fsp3) is 0.115. The van der Waals surface area contributed by atoms with Crippen LogP contribution in [0.15, 0.2) is 85.5 Å². The van der Waals surface area contributed by atoms with E-state index in [4.69, 9.17) is 4.74 Å². The van der Waals surface area contributed by atoms with Gasteiger partial charge in [0, 0.05) is 34.1 Å². The van der Waals surface area contributed by atoms with Crippen molar-refractivity contribution in [1.29, 1.82) is 0 Å². The van der Waals surface area contributed by atoms with E-state index in [2.05, 4.69) is 35.8 Å². The molecule has 0 fully saturated rings. The van der Waals surface area contributed by atoms with Gasteiger partial charge in [0.15, 0.2) is 0 Å². The average molecular weight is 394 g/mol. The third kappa shape index (κ3) is 2.72. The highest BCUT2D eigenvalue weighted by Crippen LogP contribution is 2.45. The summed E-state index contributed by atoms with van der Waals surface area (Å²) in [6.45, 7) is 4.37. The van der Waals surface area contributed by atoms with Crippen molar-refractivity contribution in [2.24, 2.45) is 0 Å². The first-order valence-electron chi connectivity index (χ1n) is 9.98. The van der Waals surface area contributed by atoms with Crippen molar-refractivity contribution in [3.8, 4) is 17.0 Å². The van der Waals surface area contributed by atoms with Crippen LogP contribution in [0.3, 0.4) is 0 Å². The fourth-order valence-electron chi connectivity index (χ4n) is 4.46. The number of fused-ring (bicyclic) bond motifs is 2.